The molecule has 3 rings (SSSR count). The maximum atomic E-state index is 11.7. The summed E-state index contributed by atoms with van der Waals surface area (Å²) in [5.41, 5.74) is 2.73. The molecule has 3 N–H and O–H groups in total. The van der Waals surface area contributed by atoms with Gasteiger partial charge in [-0.3, -0.25) is 4.79 Å². The van der Waals surface area contributed by atoms with Crippen molar-refractivity contribution in [1.82, 2.24) is 10.3 Å². The summed E-state index contributed by atoms with van der Waals surface area (Å²) in [6.07, 6.45) is 2.16. The number of aromatic amines is 1. The quantitative estimate of drug-likeness (QED) is 0.476. The van der Waals surface area contributed by atoms with Gasteiger partial charge in [0.2, 0.25) is 0 Å². The van der Waals surface area contributed by atoms with Crippen molar-refractivity contribution in [2.75, 3.05) is 0 Å². The van der Waals surface area contributed by atoms with Crippen LogP contribution >= 0.6 is 23.2 Å². The molecular weight excluding hydrogens is 399 g/mol. The van der Waals surface area contributed by atoms with Crippen LogP contribution in [0.5, 0.6) is 5.75 Å². The highest BCUT2D eigenvalue weighted by Gasteiger charge is 2.20. The number of rotatable bonds is 8. The number of hydrogen-bond donors (Lipinski definition) is 3. The number of ether oxygens (including phenoxy) is 1. The van der Waals surface area contributed by atoms with Gasteiger partial charge in [0.05, 0.1) is 16.1 Å². The van der Waals surface area contributed by atoms with Gasteiger partial charge in [-0.2, -0.15) is 0 Å². The van der Waals surface area contributed by atoms with Crippen LogP contribution in [0.25, 0.3) is 10.9 Å². The number of aliphatic carboxylic acids is 1. The number of hydrogen-bond acceptors (Lipinski definition) is 3. The van der Waals surface area contributed by atoms with Crippen LogP contribution in [0.1, 0.15) is 25.0 Å². The van der Waals surface area contributed by atoms with Gasteiger partial charge in [0.1, 0.15) is 6.04 Å². The van der Waals surface area contributed by atoms with E-state index in [9.17, 15) is 9.90 Å². The maximum absolute atomic E-state index is 11.7. The number of nitrogens with one attached hydrogen (secondary N) is 2. The Labute approximate surface area is 173 Å². The van der Waals surface area contributed by atoms with E-state index in [-0.39, 0.29) is 6.10 Å². The van der Waals surface area contributed by atoms with Crippen LogP contribution in [0.2, 0.25) is 10.0 Å². The predicted molar refractivity (Wildman–Crippen MR) is 112 cm³/mol. The van der Waals surface area contributed by atoms with E-state index in [1.807, 2.05) is 44.3 Å². The molecule has 0 aliphatic heterocycles. The molecule has 1 heterocycles. The first kappa shape index (κ1) is 20.5. The molecule has 2 aromatic carbocycles. The molecule has 0 bridgehead atoms. The lowest BCUT2D eigenvalue weighted by Crippen LogP contribution is -2.38. The van der Waals surface area contributed by atoms with Gasteiger partial charge in [0.15, 0.2) is 5.75 Å². The van der Waals surface area contributed by atoms with E-state index in [0.717, 1.165) is 22.0 Å². The average molecular weight is 421 g/mol. The molecular formula is C21H22Cl2N2O3. The maximum Gasteiger partial charge on any atom is 0.321 e. The zero-order valence-electron chi connectivity index (χ0n) is 15.6. The van der Waals surface area contributed by atoms with Crippen LogP contribution in [-0.4, -0.2) is 28.2 Å². The van der Waals surface area contributed by atoms with E-state index >= 15 is 0 Å². The van der Waals surface area contributed by atoms with Crippen molar-refractivity contribution >= 4 is 40.1 Å². The fourth-order valence-corrected chi connectivity index (χ4v) is 3.69. The Balaban J connectivity index is 1.73. The van der Waals surface area contributed by atoms with Crippen molar-refractivity contribution in [2.24, 2.45) is 0 Å². The number of fused-ring (bicyclic) bond motifs is 1. The third kappa shape index (κ3) is 4.79. The molecule has 7 heteroatoms. The molecule has 1 unspecified atom stereocenters. The Hall–Kier alpha value is -2.21. The lowest BCUT2D eigenvalue weighted by atomic mass is 10.0. The van der Waals surface area contributed by atoms with E-state index in [0.29, 0.717) is 28.8 Å². The Morgan fingerprint density at radius 1 is 1.21 bits per heavy atom. The summed E-state index contributed by atoms with van der Waals surface area (Å²) in [4.78, 5) is 14.9. The van der Waals surface area contributed by atoms with Crippen molar-refractivity contribution in [3.63, 3.8) is 0 Å². The molecule has 0 radical (unpaired) electrons. The molecule has 0 aliphatic rings. The number of carboxylic acid groups (broad SMARTS) is 1. The number of para-hydroxylation sites is 1. The number of H-pyrrole nitrogens is 1. The summed E-state index contributed by atoms with van der Waals surface area (Å²) < 4.78 is 5.62. The number of halogens is 2. The molecule has 1 atom stereocenters. The molecule has 0 aliphatic carbocycles. The smallest absolute Gasteiger partial charge is 0.321 e. The van der Waals surface area contributed by atoms with E-state index in [1.54, 1.807) is 12.1 Å². The molecule has 0 fully saturated rings. The lowest BCUT2D eigenvalue weighted by Gasteiger charge is -2.17. The largest absolute Gasteiger partial charge is 0.488 e. The zero-order chi connectivity index (χ0) is 20.3. The summed E-state index contributed by atoms with van der Waals surface area (Å²) in [5.74, 6) is -0.474. The molecule has 5 nitrogen and oxygen atoms in total. The molecule has 0 saturated heterocycles. The molecule has 0 spiro atoms. The second-order valence-electron chi connectivity index (χ2n) is 6.89. The fraction of sp³-hybridized carbons (Fsp3) is 0.286. The molecule has 28 heavy (non-hydrogen) atoms. The first-order valence-electron chi connectivity index (χ1n) is 9.01. The molecule has 0 saturated carbocycles. The summed E-state index contributed by atoms with van der Waals surface area (Å²) in [7, 11) is 0. The first-order chi connectivity index (χ1) is 13.3. The molecule has 148 valence electrons. The zero-order valence-corrected chi connectivity index (χ0v) is 17.1. The van der Waals surface area contributed by atoms with Gasteiger partial charge in [-0.05, 0) is 43.2 Å². The summed E-state index contributed by atoms with van der Waals surface area (Å²) in [6.45, 7) is 4.11. The van der Waals surface area contributed by atoms with Gasteiger partial charge < -0.3 is 20.1 Å². The van der Waals surface area contributed by atoms with Crippen molar-refractivity contribution in [3.8, 4) is 5.75 Å². The van der Waals surface area contributed by atoms with Crippen molar-refractivity contribution in [2.45, 2.75) is 39.0 Å². The number of carbonyl (C=O) groups is 1. The van der Waals surface area contributed by atoms with Crippen LogP contribution in [0.3, 0.4) is 0 Å². The van der Waals surface area contributed by atoms with Crippen LogP contribution in [-0.2, 0) is 17.8 Å². The third-order valence-corrected chi connectivity index (χ3v) is 4.92. The van der Waals surface area contributed by atoms with E-state index < -0.39 is 12.0 Å². The predicted octanol–water partition coefficient (Wildman–Crippen LogP) is 5.05. The van der Waals surface area contributed by atoms with Gasteiger partial charge in [-0.1, -0.05) is 41.4 Å². The SMILES string of the molecule is CC(C)Oc1c(Cl)cc(CNC(Cc2c[nH]c3ccccc23)C(=O)O)cc1Cl. The van der Waals surface area contributed by atoms with Crippen molar-refractivity contribution in [3.05, 3.63) is 63.8 Å². The van der Waals surface area contributed by atoms with Gasteiger partial charge >= 0.3 is 5.97 Å². The van der Waals surface area contributed by atoms with Crippen molar-refractivity contribution in [1.29, 1.82) is 0 Å². The highest BCUT2D eigenvalue weighted by atomic mass is 35.5. The van der Waals surface area contributed by atoms with Gasteiger partial charge in [-0.15, -0.1) is 0 Å². The second-order valence-corrected chi connectivity index (χ2v) is 7.70. The van der Waals surface area contributed by atoms with Gasteiger partial charge in [0, 0.05) is 30.1 Å². The normalized spacial score (nSPS) is 12.5. The monoisotopic (exact) mass is 420 g/mol. The summed E-state index contributed by atoms with van der Waals surface area (Å²) >= 11 is 12.6. The number of aromatic nitrogens is 1. The molecule has 0 amide bonds. The van der Waals surface area contributed by atoms with Crippen LogP contribution in [0, 0.1) is 0 Å². The lowest BCUT2D eigenvalue weighted by molar-refractivity contribution is -0.139. The van der Waals surface area contributed by atoms with E-state index in [4.69, 9.17) is 27.9 Å². The highest BCUT2D eigenvalue weighted by molar-refractivity contribution is 6.37. The van der Waals surface area contributed by atoms with Crippen LogP contribution in [0.4, 0.5) is 0 Å². The Kier molecular flexibility index (Phi) is 6.50. The van der Waals surface area contributed by atoms with E-state index in [1.165, 1.54) is 0 Å². The first-order valence-corrected chi connectivity index (χ1v) is 9.76. The standard InChI is InChI=1S/C21H22Cl2N2O3/c1-12(2)28-20-16(22)7-13(8-17(20)23)10-24-19(21(26)27)9-14-11-25-18-6-4-3-5-15(14)18/h3-8,11-12,19,24-25H,9-10H2,1-2H3,(H,26,27). The van der Waals surface area contributed by atoms with Crippen LogP contribution in [0.15, 0.2) is 42.6 Å². The Morgan fingerprint density at radius 3 is 2.54 bits per heavy atom. The Bertz CT molecular complexity index is 962. The van der Waals surface area contributed by atoms with Crippen LogP contribution < -0.4 is 10.1 Å². The van der Waals surface area contributed by atoms with Gasteiger partial charge in [-0.25, -0.2) is 0 Å². The minimum Gasteiger partial charge on any atom is -0.488 e. The highest BCUT2D eigenvalue weighted by Crippen LogP contribution is 2.35. The Morgan fingerprint density at radius 2 is 1.89 bits per heavy atom. The molecule has 3 aromatic rings. The topological polar surface area (TPSA) is 74.3 Å². The van der Waals surface area contributed by atoms with Gasteiger partial charge in [0.25, 0.3) is 0 Å². The number of carboxylic acids is 1. The van der Waals surface area contributed by atoms with Crippen molar-refractivity contribution < 1.29 is 14.6 Å². The minimum absolute atomic E-state index is 0.0495. The minimum atomic E-state index is -0.915. The average Bonchev–Trinajstić information content (AvgIpc) is 3.04. The summed E-state index contributed by atoms with van der Waals surface area (Å²) in [5, 5.41) is 14.5. The van der Waals surface area contributed by atoms with E-state index in [2.05, 4.69) is 10.3 Å². The second kappa shape index (κ2) is 8.86. The number of benzene rings is 2. The third-order valence-electron chi connectivity index (χ3n) is 4.36. The molecule has 1 aromatic heterocycles. The summed E-state index contributed by atoms with van der Waals surface area (Å²) in [6, 6.07) is 10.6. The fourth-order valence-electron chi connectivity index (χ4n) is 3.07.